The molecule has 0 aliphatic rings. The molecule has 0 amide bonds. The molecule has 3 aromatic heterocycles. The molecule has 4 aromatic rings. The Morgan fingerprint density at radius 2 is 1.11 bits per heavy atom. The Bertz CT molecular complexity index is 982. The molecule has 0 aliphatic heterocycles. The molecule has 0 bridgehead atoms. The molecule has 3 heterocycles. The molecule has 0 spiro atoms. The zero-order chi connectivity index (χ0) is 18.6. The third-order valence-electron chi connectivity index (χ3n) is 4.19. The first-order valence-corrected chi connectivity index (χ1v) is 8.87. The molecule has 0 radical (unpaired) electrons. The Morgan fingerprint density at radius 3 is 1.59 bits per heavy atom. The lowest BCUT2D eigenvalue weighted by molar-refractivity contribution is 1.22. The number of anilines is 2. The molecule has 0 aliphatic carbocycles. The van der Waals surface area contributed by atoms with Crippen molar-refractivity contribution in [3.8, 4) is 22.8 Å². The maximum absolute atomic E-state index is 4.79. The van der Waals surface area contributed by atoms with Crippen LogP contribution in [-0.2, 0) is 0 Å². The summed E-state index contributed by atoms with van der Waals surface area (Å²) < 4.78 is 0. The lowest BCUT2D eigenvalue weighted by Crippen LogP contribution is -1.97. The topological polar surface area (TPSA) is 50.7 Å². The van der Waals surface area contributed by atoms with E-state index in [9.17, 15) is 0 Å². The average molecular weight is 352 g/mol. The molecule has 0 unspecified atom stereocenters. The summed E-state index contributed by atoms with van der Waals surface area (Å²) >= 11 is 0. The maximum atomic E-state index is 4.79. The van der Waals surface area contributed by atoms with Gasteiger partial charge >= 0.3 is 0 Å². The Kier molecular flexibility index (Phi) is 4.62. The normalized spacial score (nSPS) is 10.6. The van der Waals surface area contributed by atoms with Crippen LogP contribution in [-0.4, -0.2) is 15.0 Å². The van der Waals surface area contributed by atoms with Crippen molar-refractivity contribution in [1.29, 1.82) is 0 Å². The van der Waals surface area contributed by atoms with Crippen LogP contribution in [0.1, 0.15) is 11.1 Å². The third kappa shape index (κ3) is 4.01. The molecule has 1 N–H and O–H groups in total. The van der Waals surface area contributed by atoms with Gasteiger partial charge in [-0.1, -0.05) is 18.2 Å². The van der Waals surface area contributed by atoms with Gasteiger partial charge in [-0.05, 0) is 73.5 Å². The van der Waals surface area contributed by atoms with E-state index in [1.807, 2.05) is 48.5 Å². The minimum Gasteiger partial charge on any atom is -0.355 e. The van der Waals surface area contributed by atoms with Crippen molar-refractivity contribution in [1.82, 2.24) is 15.0 Å². The second kappa shape index (κ2) is 7.38. The predicted octanol–water partition coefficient (Wildman–Crippen LogP) is 5.57. The fourth-order valence-electron chi connectivity index (χ4n) is 3.11. The highest BCUT2D eigenvalue weighted by atomic mass is 14.9. The van der Waals surface area contributed by atoms with Crippen molar-refractivity contribution in [2.24, 2.45) is 0 Å². The number of hydrogen-bond donors (Lipinski definition) is 1. The third-order valence-corrected chi connectivity index (χ3v) is 4.19. The molecule has 0 saturated carbocycles. The van der Waals surface area contributed by atoms with Gasteiger partial charge in [-0.25, -0.2) is 4.98 Å². The van der Waals surface area contributed by atoms with Crippen LogP contribution < -0.4 is 5.32 Å². The van der Waals surface area contributed by atoms with E-state index in [0.29, 0.717) is 0 Å². The standard InChI is InChI=1S/C23H20N4/c1-16-11-17(2)13-18(12-16)26-19-14-22(20-7-3-5-9-24-20)27-23(15-19)21-8-4-6-10-25-21/h3-15H,1-2H3,(H,26,27). The molecule has 4 rings (SSSR count). The van der Waals surface area contributed by atoms with Gasteiger partial charge in [0.25, 0.3) is 0 Å². The minimum absolute atomic E-state index is 0.811. The van der Waals surface area contributed by atoms with Crippen molar-refractivity contribution in [2.45, 2.75) is 13.8 Å². The average Bonchev–Trinajstić information content (AvgIpc) is 2.68. The molecular weight excluding hydrogens is 332 g/mol. The Morgan fingerprint density at radius 1 is 0.593 bits per heavy atom. The van der Waals surface area contributed by atoms with E-state index in [0.717, 1.165) is 34.2 Å². The summed E-state index contributed by atoms with van der Waals surface area (Å²) in [5, 5.41) is 3.51. The van der Waals surface area contributed by atoms with Gasteiger partial charge < -0.3 is 5.32 Å². The first-order chi connectivity index (χ1) is 13.2. The van der Waals surface area contributed by atoms with Crippen LogP contribution in [0.25, 0.3) is 22.8 Å². The number of benzene rings is 1. The predicted molar refractivity (Wildman–Crippen MR) is 110 cm³/mol. The van der Waals surface area contributed by atoms with E-state index in [1.54, 1.807) is 12.4 Å². The van der Waals surface area contributed by atoms with E-state index in [2.05, 4.69) is 47.3 Å². The lowest BCUT2D eigenvalue weighted by atomic mass is 10.1. The van der Waals surface area contributed by atoms with Gasteiger partial charge in [0.05, 0.1) is 22.8 Å². The second-order valence-corrected chi connectivity index (χ2v) is 6.56. The number of aromatic nitrogens is 3. The van der Waals surface area contributed by atoms with Gasteiger partial charge in [-0.2, -0.15) is 0 Å². The Labute approximate surface area is 159 Å². The van der Waals surface area contributed by atoms with Crippen molar-refractivity contribution in [3.05, 3.63) is 90.3 Å². The number of nitrogens with one attached hydrogen (secondary N) is 1. The summed E-state index contributed by atoms with van der Waals surface area (Å²) in [5.41, 5.74) is 7.74. The van der Waals surface area contributed by atoms with Gasteiger partial charge in [-0.3, -0.25) is 9.97 Å². The quantitative estimate of drug-likeness (QED) is 0.522. The molecular formula is C23H20N4. The zero-order valence-electron chi connectivity index (χ0n) is 15.3. The van der Waals surface area contributed by atoms with Crippen molar-refractivity contribution in [2.75, 3.05) is 5.32 Å². The van der Waals surface area contributed by atoms with Crippen LogP contribution in [0.3, 0.4) is 0 Å². The molecule has 0 atom stereocenters. The zero-order valence-corrected chi connectivity index (χ0v) is 15.3. The molecule has 4 nitrogen and oxygen atoms in total. The van der Waals surface area contributed by atoms with Crippen molar-refractivity contribution < 1.29 is 0 Å². The van der Waals surface area contributed by atoms with E-state index < -0.39 is 0 Å². The highest BCUT2D eigenvalue weighted by molar-refractivity contribution is 5.72. The second-order valence-electron chi connectivity index (χ2n) is 6.56. The number of hydrogen-bond acceptors (Lipinski definition) is 4. The Balaban J connectivity index is 1.80. The molecule has 132 valence electrons. The molecule has 0 saturated heterocycles. The summed E-state index contributed by atoms with van der Waals surface area (Å²) in [6.45, 7) is 4.20. The van der Waals surface area contributed by atoms with E-state index >= 15 is 0 Å². The van der Waals surface area contributed by atoms with E-state index in [1.165, 1.54) is 11.1 Å². The fraction of sp³-hybridized carbons (Fsp3) is 0.0870. The van der Waals surface area contributed by atoms with Crippen LogP contribution in [0, 0.1) is 13.8 Å². The smallest absolute Gasteiger partial charge is 0.0915 e. The van der Waals surface area contributed by atoms with Crippen molar-refractivity contribution in [3.63, 3.8) is 0 Å². The SMILES string of the molecule is Cc1cc(C)cc(Nc2cc(-c3ccccn3)nc(-c3ccccn3)c2)c1. The van der Waals surface area contributed by atoms with Gasteiger partial charge in [-0.15, -0.1) is 0 Å². The summed E-state index contributed by atoms with van der Waals surface area (Å²) in [6.07, 6.45) is 3.56. The number of rotatable bonds is 4. The number of nitrogens with zero attached hydrogens (tertiary/aromatic N) is 3. The van der Waals surface area contributed by atoms with E-state index in [4.69, 9.17) is 4.98 Å². The number of aryl methyl sites for hydroxylation is 2. The van der Waals surface area contributed by atoms with Gasteiger partial charge in [0, 0.05) is 23.8 Å². The summed E-state index contributed by atoms with van der Waals surface area (Å²) in [4.78, 5) is 13.7. The van der Waals surface area contributed by atoms with E-state index in [-0.39, 0.29) is 0 Å². The monoisotopic (exact) mass is 352 g/mol. The first-order valence-electron chi connectivity index (χ1n) is 8.87. The summed E-state index contributed by atoms with van der Waals surface area (Å²) in [5.74, 6) is 0. The lowest BCUT2D eigenvalue weighted by Gasteiger charge is -2.12. The van der Waals surface area contributed by atoms with Crippen LogP contribution in [0.15, 0.2) is 79.1 Å². The summed E-state index contributed by atoms with van der Waals surface area (Å²) in [6, 6.07) is 22.1. The van der Waals surface area contributed by atoms with Crippen LogP contribution >= 0.6 is 0 Å². The minimum atomic E-state index is 0.811. The summed E-state index contributed by atoms with van der Waals surface area (Å²) in [7, 11) is 0. The molecule has 4 heteroatoms. The Hall–Kier alpha value is -3.53. The maximum Gasteiger partial charge on any atom is 0.0915 e. The molecule has 1 aromatic carbocycles. The van der Waals surface area contributed by atoms with Gasteiger partial charge in [0.2, 0.25) is 0 Å². The van der Waals surface area contributed by atoms with Crippen LogP contribution in [0.4, 0.5) is 11.4 Å². The highest BCUT2D eigenvalue weighted by Gasteiger charge is 2.09. The fourth-order valence-corrected chi connectivity index (χ4v) is 3.11. The van der Waals surface area contributed by atoms with Crippen LogP contribution in [0.2, 0.25) is 0 Å². The molecule has 27 heavy (non-hydrogen) atoms. The van der Waals surface area contributed by atoms with Crippen molar-refractivity contribution >= 4 is 11.4 Å². The highest BCUT2D eigenvalue weighted by Crippen LogP contribution is 2.27. The van der Waals surface area contributed by atoms with Crippen LogP contribution in [0.5, 0.6) is 0 Å². The van der Waals surface area contributed by atoms with Gasteiger partial charge in [0.15, 0.2) is 0 Å². The number of pyridine rings is 3. The molecule has 0 fully saturated rings. The van der Waals surface area contributed by atoms with Gasteiger partial charge in [0.1, 0.15) is 0 Å². The first kappa shape index (κ1) is 16.9. The largest absolute Gasteiger partial charge is 0.355 e.